The molecule has 0 unspecified atom stereocenters. The van der Waals surface area contributed by atoms with E-state index in [1.54, 1.807) is 17.7 Å². The molecule has 2 aromatic heterocycles. The minimum Gasteiger partial charge on any atom is -0.338 e. The lowest BCUT2D eigenvalue weighted by Gasteiger charge is -2.10. The molecule has 118 valence electrons. The highest BCUT2D eigenvalue weighted by molar-refractivity contribution is 7.19. The normalized spacial score (nSPS) is 10.9. The lowest BCUT2D eigenvalue weighted by molar-refractivity contribution is 1.23. The van der Waals surface area contributed by atoms with Gasteiger partial charge in [0.05, 0.1) is 16.1 Å². The van der Waals surface area contributed by atoms with Crippen LogP contribution >= 0.6 is 22.9 Å². The van der Waals surface area contributed by atoms with Crippen LogP contribution in [0.15, 0.2) is 60.9 Å². The molecule has 0 amide bonds. The van der Waals surface area contributed by atoms with Crippen molar-refractivity contribution in [3.8, 4) is 11.1 Å². The zero-order valence-corrected chi connectivity index (χ0v) is 14.5. The molecule has 1 N–H and O–H groups in total. The summed E-state index contributed by atoms with van der Waals surface area (Å²) in [6.45, 7) is 2.12. The third-order valence-electron chi connectivity index (χ3n) is 3.85. The fourth-order valence-corrected chi connectivity index (χ4v) is 3.98. The van der Waals surface area contributed by atoms with Crippen molar-refractivity contribution < 1.29 is 0 Å². The second-order valence-electron chi connectivity index (χ2n) is 5.41. The summed E-state index contributed by atoms with van der Waals surface area (Å²) in [5.41, 5.74) is 3.17. The summed E-state index contributed by atoms with van der Waals surface area (Å²) in [6, 6.07) is 18.0. The van der Waals surface area contributed by atoms with Crippen LogP contribution < -0.4 is 5.32 Å². The molecular formula is C19H14ClN3S. The molecule has 0 aliphatic heterocycles. The Labute approximate surface area is 149 Å². The van der Waals surface area contributed by atoms with E-state index in [9.17, 15) is 0 Å². The van der Waals surface area contributed by atoms with E-state index >= 15 is 0 Å². The van der Waals surface area contributed by atoms with Crippen molar-refractivity contribution in [2.45, 2.75) is 6.92 Å². The molecule has 4 rings (SSSR count). The van der Waals surface area contributed by atoms with Gasteiger partial charge in [-0.05, 0) is 24.6 Å². The first-order valence-corrected chi connectivity index (χ1v) is 8.74. The summed E-state index contributed by atoms with van der Waals surface area (Å²) in [4.78, 5) is 11.1. The number of benzene rings is 2. The first kappa shape index (κ1) is 15.1. The zero-order valence-electron chi connectivity index (χ0n) is 13.0. The predicted octanol–water partition coefficient (Wildman–Crippen LogP) is 6.06. The molecule has 5 heteroatoms. The molecule has 2 heterocycles. The number of halogens is 1. The summed E-state index contributed by atoms with van der Waals surface area (Å²) < 4.78 is 0. The number of thiophene rings is 1. The van der Waals surface area contributed by atoms with E-state index in [1.165, 1.54) is 16.0 Å². The number of aryl methyl sites for hydroxylation is 1. The van der Waals surface area contributed by atoms with Gasteiger partial charge < -0.3 is 5.32 Å². The third kappa shape index (κ3) is 2.64. The molecule has 0 atom stereocenters. The molecular weight excluding hydrogens is 338 g/mol. The number of nitrogens with zero attached hydrogens (tertiary/aromatic N) is 2. The fraction of sp³-hybridized carbons (Fsp3) is 0.0526. The first-order chi connectivity index (χ1) is 11.7. The van der Waals surface area contributed by atoms with Gasteiger partial charge in [-0.3, -0.25) is 0 Å². The first-order valence-electron chi connectivity index (χ1n) is 7.55. The van der Waals surface area contributed by atoms with Crippen LogP contribution in [0, 0.1) is 6.92 Å². The predicted molar refractivity (Wildman–Crippen MR) is 102 cm³/mol. The zero-order chi connectivity index (χ0) is 16.5. The Hall–Kier alpha value is -2.43. The Morgan fingerprint density at radius 3 is 2.50 bits per heavy atom. The van der Waals surface area contributed by atoms with Gasteiger partial charge in [-0.25, -0.2) is 9.97 Å². The van der Waals surface area contributed by atoms with Crippen molar-refractivity contribution in [2.75, 3.05) is 5.32 Å². The van der Waals surface area contributed by atoms with Gasteiger partial charge in [0.1, 0.15) is 17.0 Å². The lowest BCUT2D eigenvalue weighted by atomic mass is 10.0. The minimum atomic E-state index is 0.664. The highest BCUT2D eigenvalue weighted by atomic mass is 35.5. The number of fused-ring (bicyclic) bond motifs is 1. The standard InChI is InChI=1S/C19H14ClN3S/c1-12-16(13-7-3-2-4-8-13)17-18(21-11-22-19(17)24-12)23-15-10-6-5-9-14(15)20/h2-11H,1H3,(H,21,22,23). The van der Waals surface area contributed by atoms with Gasteiger partial charge in [-0.1, -0.05) is 54.1 Å². The van der Waals surface area contributed by atoms with Gasteiger partial charge >= 0.3 is 0 Å². The van der Waals surface area contributed by atoms with Crippen molar-refractivity contribution >= 4 is 44.7 Å². The van der Waals surface area contributed by atoms with Gasteiger partial charge in [0.15, 0.2) is 0 Å². The fourth-order valence-electron chi connectivity index (χ4n) is 2.78. The van der Waals surface area contributed by atoms with Crippen LogP contribution in [0.1, 0.15) is 4.88 Å². The second-order valence-corrected chi connectivity index (χ2v) is 7.02. The maximum Gasteiger partial charge on any atom is 0.143 e. The van der Waals surface area contributed by atoms with Crippen molar-refractivity contribution in [2.24, 2.45) is 0 Å². The highest BCUT2D eigenvalue weighted by Gasteiger charge is 2.17. The lowest BCUT2D eigenvalue weighted by Crippen LogP contribution is -1.96. The molecule has 0 saturated carbocycles. The molecule has 0 fully saturated rings. The van der Waals surface area contributed by atoms with Crippen molar-refractivity contribution in [1.29, 1.82) is 0 Å². The molecule has 0 aliphatic carbocycles. The van der Waals surface area contributed by atoms with Crippen LogP contribution in [-0.4, -0.2) is 9.97 Å². The molecule has 0 saturated heterocycles. The number of aromatic nitrogens is 2. The summed E-state index contributed by atoms with van der Waals surface area (Å²) in [6.07, 6.45) is 1.59. The smallest absolute Gasteiger partial charge is 0.143 e. The van der Waals surface area contributed by atoms with E-state index in [0.717, 1.165) is 21.7 Å². The number of para-hydroxylation sites is 1. The van der Waals surface area contributed by atoms with E-state index in [4.69, 9.17) is 11.6 Å². The molecule has 3 nitrogen and oxygen atoms in total. The van der Waals surface area contributed by atoms with Crippen LogP contribution in [0.3, 0.4) is 0 Å². The summed E-state index contributed by atoms with van der Waals surface area (Å²) in [5, 5.41) is 5.06. The van der Waals surface area contributed by atoms with Crippen molar-refractivity contribution in [3.63, 3.8) is 0 Å². The maximum absolute atomic E-state index is 6.28. The van der Waals surface area contributed by atoms with Crippen LogP contribution in [0.5, 0.6) is 0 Å². The number of hydrogen-bond acceptors (Lipinski definition) is 4. The Balaban J connectivity index is 1.92. The van der Waals surface area contributed by atoms with Crippen LogP contribution in [0.2, 0.25) is 5.02 Å². The van der Waals surface area contributed by atoms with Gasteiger partial charge in [-0.2, -0.15) is 0 Å². The van der Waals surface area contributed by atoms with Gasteiger partial charge in [-0.15, -0.1) is 11.3 Å². The Kier molecular flexibility index (Phi) is 3.92. The number of hydrogen-bond donors (Lipinski definition) is 1. The van der Waals surface area contributed by atoms with E-state index in [-0.39, 0.29) is 0 Å². The Morgan fingerprint density at radius 1 is 0.958 bits per heavy atom. The van der Waals surface area contributed by atoms with Crippen LogP contribution in [-0.2, 0) is 0 Å². The SMILES string of the molecule is Cc1sc2ncnc(Nc3ccccc3Cl)c2c1-c1ccccc1. The van der Waals surface area contributed by atoms with E-state index in [1.807, 2.05) is 42.5 Å². The minimum absolute atomic E-state index is 0.664. The highest BCUT2D eigenvalue weighted by Crippen LogP contribution is 2.41. The molecule has 4 aromatic rings. The quantitative estimate of drug-likeness (QED) is 0.487. The Morgan fingerprint density at radius 2 is 1.71 bits per heavy atom. The van der Waals surface area contributed by atoms with Crippen LogP contribution in [0.4, 0.5) is 11.5 Å². The van der Waals surface area contributed by atoms with E-state index < -0.39 is 0 Å². The summed E-state index contributed by atoms with van der Waals surface area (Å²) >= 11 is 7.96. The number of nitrogens with one attached hydrogen (secondary N) is 1. The monoisotopic (exact) mass is 351 g/mol. The average Bonchev–Trinajstić information content (AvgIpc) is 2.94. The molecule has 24 heavy (non-hydrogen) atoms. The summed E-state index contributed by atoms with van der Waals surface area (Å²) in [7, 11) is 0. The number of rotatable bonds is 3. The second kappa shape index (κ2) is 6.23. The van der Waals surface area contributed by atoms with Gasteiger partial charge in [0.2, 0.25) is 0 Å². The number of anilines is 2. The van der Waals surface area contributed by atoms with Crippen molar-refractivity contribution in [3.05, 3.63) is 70.8 Å². The molecule has 0 aliphatic rings. The molecule has 2 aromatic carbocycles. The van der Waals surface area contributed by atoms with E-state index in [2.05, 4.69) is 34.3 Å². The van der Waals surface area contributed by atoms with Crippen LogP contribution in [0.25, 0.3) is 21.3 Å². The van der Waals surface area contributed by atoms with Gasteiger partial charge in [0, 0.05) is 10.4 Å². The molecule has 0 radical (unpaired) electrons. The van der Waals surface area contributed by atoms with Gasteiger partial charge in [0.25, 0.3) is 0 Å². The molecule has 0 spiro atoms. The molecule has 0 bridgehead atoms. The largest absolute Gasteiger partial charge is 0.338 e. The third-order valence-corrected chi connectivity index (χ3v) is 5.20. The maximum atomic E-state index is 6.28. The average molecular weight is 352 g/mol. The topological polar surface area (TPSA) is 37.8 Å². The Bertz CT molecular complexity index is 1010. The summed E-state index contributed by atoms with van der Waals surface area (Å²) in [5.74, 6) is 0.774. The van der Waals surface area contributed by atoms with Crippen molar-refractivity contribution in [1.82, 2.24) is 9.97 Å². The van der Waals surface area contributed by atoms with E-state index in [0.29, 0.717) is 5.02 Å².